The van der Waals surface area contributed by atoms with Gasteiger partial charge in [-0.25, -0.2) is 8.42 Å². The molecule has 0 aliphatic carbocycles. The van der Waals surface area contributed by atoms with Crippen LogP contribution < -0.4 is 0 Å². The van der Waals surface area contributed by atoms with Crippen LogP contribution in [0.25, 0.3) is 5.52 Å². The Bertz CT molecular complexity index is 1170. The fourth-order valence-electron chi connectivity index (χ4n) is 4.43. The van der Waals surface area contributed by atoms with Crippen molar-refractivity contribution in [2.75, 3.05) is 13.1 Å². The van der Waals surface area contributed by atoms with Crippen molar-refractivity contribution < 1.29 is 13.2 Å². The fraction of sp³-hybridized carbons (Fsp3) is 0.348. The van der Waals surface area contributed by atoms with E-state index in [1.165, 1.54) is 6.07 Å². The Morgan fingerprint density at radius 1 is 1.00 bits per heavy atom. The average Bonchev–Trinajstić information content (AvgIpc) is 3.02. The minimum atomic E-state index is -3.63. The van der Waals surface area contributed by atoms with E-state index < -0.39 is 10.0 Å². The number of hydrogen-bond acceptors (Lipinski definition) is 3. The van der Waals surface area contributed by atoms with Crippen molar-refractivity contribution in [3.05, 3.63) is 71.5 Å². The summed E-state index contributed by atoms with van der Waals surface area (Å²) in [5.41, 5.74) is 2.76. The Labute approximate surface area is 172 Å². The number of benzene rings is 1. The second-order valence-electron chi connectivity index (χ2n) is 8.30. The highest BCUT2D eigenvalue weighted by Crippen LogP contribution is 2.28. The smallest absolute Gasteiger partial charge is 0.243 e. The summed E-state index contributed by atoms with van der Waals surface area (Å²) in [5, 5.41) is 0. The number of ketones is 1. The highest BCUT2D eigenvalue weighted by atomic mass is 32.2. The Kier molecular flexibility index (Phi) is 5.09. The van der Waals surface area contributed by atoms with Gasteiger partial charge in [0.25, 0.3) is 0 Å². The zero-order valence-corrected chi connectivity index (χ0v) is 17.8. The molecule has 0 bridgehead atoms. The van der Waals surface area contributed by atoms with Crippen molar-refractivity contribution >= 4 is 21.3 Å². The largest absolute Gasteiger partial charge is 0.313 e. The molecule has 1 aliphatic rings. The van der Waals surface area contributed by atoms with Crippen molar-refractivity contribution in [2.24, 2.45) is 11.8 Å². The number of fused-ring (bicyclic) bond motifs is 1. The van der Waals surface area contributed by atoms with E-state index in [0.717, 1.165) is 17.5 Å². The summed E-state index contributed by atoms with van der Waals surface area (Å²) in [5.74, 6) is 0.479. The van der Waals surface area contributed by atoms with Crippen LogP contribution in [0.3, 0.4) is 0 Å². The van der Waals surface area contributed by atoms with E-state index in [2.05, 4.69) is 13.8 Å². The van der Waals surface area contributed by atoms with Gasteiger partial charge in [-0.2, -0.15) is 4.31 Å². The summed E-state index contributed by atoms with van der Waals surface area (Å²) in [6.45, 7) is 7.11. The molecule has 2 aromatic heterocycles. The number of hydrogen-bond donors (Lipinski definition) is 0. The van der Waals surface area contributed by atoms with E-state index in [-0.39, 0.29) is 10.7 Å². The number of piperidine rings is 1. The number of rotatable bonds is 4. The first-order valence-electron chi connectivity index (χ1n) is 9.99. The molecule has 0 spiro atoms. The molecular weight excluding hydrogens is 384 g/mol. The molecule has 152 valence electrons. The molecule has 3 aromatic rings. The highest BCUT2D eigenvalue weighted by molar-refractivity contribution is 7.89. The lowest BCUT2D eigenvalue weighted by Gasteiger charge is -2.34. The molecule has 4 rings (SSSR count). The van der Waals surface area contributed by atoms with Crippen LogP contribution in [0.1, 0.15) is 41.9 Å². The Morgan fingerprint density at radius 2 is 1.72 bits per heavy atom. The summed E-state index contributed by atoms with van der Waals surface area (Å²) in [4.78, 5) is 13.5. The maximum atomic E-state index is 13.3. The predicted octanol–water partition coefficient (Wildman–Crippen LogP) is 4.15. The van der Waals surface area contributed by atoms with Gasteiger partial charge >= 0.3 is 0 Å². The van der Waals surface area contributed by atoms with E-state index in [9.17, 15) is 13.2 Å². The molecule has 1 fully saturated rings. The monoisotopic (exact) mass is 410 g/mol. The molecule has 1 saturated heterocycles. The fourth-order valence-corrected chi connectivity index (χ4v) is 6.16. The molecule has 0 N–H and O–H groups in total. The first-order valence-corrected chi connectivity index (χ1v) is 11.4. The van der Waals surface area contributed by atoms with Crippen molar-refractivity contribution in [2.45, 2.75) is 32.1 Å². The summed E-state index contributed by atoms with van der Waals surface area (Å²) < 4.78 is 29.9. The minimum Gasteiger partial charge on any atom is -0.313 e. The molecular formula is C23H26N2O3S. The number of carbonyl (C=O) groups excluding carboxylic acids is 1. The Morgan fingerprint density at radius 3 is 2.45 bits per heavy atom. The van der Waals surface area contributed by atoms with Gasteiger partial charge in [0.15, 0.2) is 0 Å². The summed E-state index contributed by atoms with van der Waals surface area (Å²) in [6.07, 6.45) is 2.89. The maximum absolute atomic E-state index is 13.3. The quantitative estimate of drug-likeness (QED) is 0.607. The van der Waals surface area contributed by atoms with Crippen LogP contribution in [0, 0.1) is 18.8 Å². The molecule has 1 aromatic carbocycles. The van der Waals surface area contributed by atoms with E-state index in [4.69, 9.17) is 0 Å². The molecule has 1 aliphatic heterocycles. The van der Waals surface area contributed by atoms with Crippen LogP contribution in [-0.4, -0.2) is 36.0 Å². The lowest BCUT2D eigenvalue weighted by atomic mass is 9.94. The normalized spacial score (nSPS) is 20.8. The number of sulfonamides is 1. The van der Waals surface area contributed by atoms with Crippen molar-refractivity contribution in [3.63, 3.8) is 0 Å². The Hall–Kier alpha value is -2.44. The SMILES string of the molecule is Cc1cc2ccccn2c1C(=O)c1cccc(S(=O)(=O)N2C[C@H](C)C[C@@H](C)C2)c1. The molecule has 0 amide bonds. The average molecular weight is 411 g/mol. The predicted molar refractivity (Wildman–Crippen MR) is 114 cm³/mol. The van der Waals surface area contributed by atoms with Gasteiger partial charge in [0.2, 0.25) is 15.8 Å². The molecule has 3 heterocycles. The van der Waals surface area contributed by atoms with Gasteiger partial charge in [0, 0.05) is 30.4 Å². The molecule has 6 heteroatoms. The molecule has 0 unspecified atom stereocenters. The van der Waals surface area contributed by atoms with Gasteiger partial charge in [-0.05, 0) is 61.1 Å². The molecule has 0 saturated carbocycles. The minimum absolute atomic E-state index is 0.175. The zero-order valence-electron chi connectivity index (χ0n) is 17.0. The van der Waals surface area contributed by atoms with E-state index in [1.54, 1.807) is 22.5 Å². The summed E-state index contributed by atoms with van der Waals surface area (Å²) >= 11 is 0. The van der Waals surface area contributed by atoms with Crippen molar-refractivity contribution in [1.82, 2.24) is 8.71 Å². The standard InChI is InChI=1S/C23H26N2O3S/c1-16-11-17(2)15-24(14-16)29(27,28)21-9-6-7-19(13-21)23(26)22-18(3)12-20-8-4-5-10-25(20)22/h4-10,12-13,16-17H,11,14-15H2,1-3H3/t16-,17-/m1/s1. The Balaban J connectivity index is 1.72. The molecule has 0 radical (unpaired) electrons. The topological polar surface area (TPSA) is 58.9 Å². The van der Waals surface area contributed by atoms with Gasteiger partial charge in [0.1, 0.15) is 0 Å². The third-order valence-corrected chi connectivity index (χ3v) is 7.48. The van der Waals surface area contributed by atoms with Crippen LogP contribution in [0.4, 0.5) is 0 Å². The number of aromatic nitrogens is 1. The van der Waals surface area contributed by atoms with Crippen LogP contribution in [0.15, 0.2) is 59.6 Å². The van der Waals surface area contributed by atoms with Crippen LogP contribution in [0.5, 0.6) is 0 Å². The third kappa shape index (κ3) is 3.63. The van der Waals surface area contributed by atoms with E-state index in [1.807, 2.05) is 41.8 Å². The van der Waals surface area contributed by atoms with Gasteiger partial charge < -0.3 is 4.40 Å². The van der Waals surface area contributed by atoms with Crippen molar-refractivity contribution in [1.29, 1.82) is 0 Å². The zero-order chi connectivity index (χ0) is 20.8. The summed E-state index contributed by atoms with van der Waals surface area (Å²) in [6, 6.07) is 14.2. The first kappa shape index (κ1) is 19.9. The van der Waals surface area contributed by atoms with E-state index in [0.29, 0.717) is 36.2 Å². The highest BCUT2D eigenvalue weighted by Gasteiger charge is 2.32. The number of aryl methyl sites for hydroxylation is 1. The number of pyridine rings is 1. The van der Waals surface area contributed by atoms with Gasteiger partial charge in [-0.1, -0.05) is 32.0 Å². The van der Waals surface area contributed by atoms with Crippen molar-refractivity contribution in [3.8, 4) is 0 Å². The maximum Gasteiger partial charge on any atom is 0.243 e. The van der Waals surface area contributed by atoms with Crippen LogP contribution >= 0.6 is 0 Å². The van der Waals surface area contributed by atoms with Crippen LogP contribution in [0.2, 0.25) is 0 Å². The number of carbonyl (C=O) groups is 1. The molecule has 5 nitrogen and oxygen atoms in total. The third-order valence-electron chi connectivity index (χ3n) is 5.65. The van der Waals surface area contributed by atoms with Gasteiger partial charge in [-0.15, -0.1) is 0 Å². The second kappa shape index (κ2) is 7.43. The molecule has 2 atom stereocenters. The lowest BCUT2D eigenvalue weighted by molar-refractivity contribution is 0.103. The lowest BCUT2D eigenvalue weighted by Crippen LogP contribution is -2.42. The molecule has 29 heavy (non-hydrogen) atoms. The summed E-state index contributed by atoms with van der Waals surface area (Å²) in [7, 11) is -3.63. The van der Waals surface area contributed by atoms with E-state index >= 15 is 0 Å². The second-order valence-corrected chi connectivity index (χ2v) is 10.2. The van der Waals surface area contributed by atoms with Gasteiger partial charge in [-0.3, -0.25) is 4.79 Å². The van der Waals surface area contributed by atoms with Gasteiger partial charge in [0.05, 0.1) is 10.6 Å². The number of nitrogens with zero attached hydrogens (tertiary/aromatic N) is 2. The first-order chi connectivity index (χ1) is 13.8. The van der Waals surface area contributed by atoms with Crippen LogP contribution in [-0.2, 0) is 10.0 Å².